The third-order valence-corrected chi connectivity index (χ3v) is 2.26. The minimum atomic E-state index is -1.39. The molecule has 4 nitrogen and oxygen atoms in total. The molecule has 0 spiro atoms. The van der Waals surface area contributed by atoms with Crippen molar-refractivity contribution >= 4 is 5.97 Å². The van der Waals surface area contributed by atoms with Gasteiger partial charge in [-0.05, 0) is 11.6 Å². The van der Waals surface area contributed by atoms with Gasteiger partial charge in [0, 0.05) is 17.8 Å². The van der Waals surface area contributed by atoms with Crippen LogP contribution in [0.2, 0.25) is 0 Å². The fourth-order valence-corrected chi connectivity index (χ4v) is 1.19. The number of aromatic amines is 1. The Balaban J connectivity index is 2.95. The molecule has 0 aliphatic rings. The summed E-state index contributed by atoms with van der Waals surface area (Å²) < 4.78 is 0. The highest BCUT2D eigenvalue weighted by atomic mass is 16.4. The topological polar surface area (TPSA) is 73.3 Å². The van der Waals surface area contributed by atoms with Crippen LogP contribution in [0.15, 0.2) is 18.5 Å². The summed E-state index contributed by atoms with van der Waals surface area (Å²) in [6, 6.07) is 1.76. The molecule has 0 fully saturated rings. The van der Waals surface area contributed by atoms with Crippen LogP contribution in [-0.4, -0.2) is 27.3 Å². The number of nitrogens with one attached hydrogen (secondary N) is 1. The summed E-state index contributed by atoms with van der Waals surface area (Å²) >= 11 is 0. The molecule has 72 valence electrons. The first-order valence-electron chi connectivity index (χ1n) is 4.00. The van der Waals surface area contributed by atoms with E-state index < -0.39 is 17.5 Å². The molecule has 0 amide bonds. The lowest BCUT2D eigenvalue weighted by atomic mass is 9.81. The van der Waals surface area contributed by atoms with E-state index in [0.29, 0.717) is 0 Å². The number of aromatic nitrogens is 1. The van der Waals surface area contributed by atoms with E-state index in [9.17, 15) is 9.90 Å². The number of aliphatic hydroxyl groups excluding tert-OH is 1. The van der Waals surface area contributed by atoms with Crippen LogP contribution in [0.4, 0.5) is 0 Å². The second kappa shape index (κ2) is 3.22. The number of carboxylic acids is 1. The van der Waals surface area contributed by atoms with Gasteiger partial charge < -0.3 is 15.2 Å². The number of H-pyrrole nitrogens is 1. The molecule has 3 N–H and O–H groups in total. The smallest absolute Gasteiger partial charge is 0.333 e. The van der Waals surface area contributed by atoms with Crippen molar-refractivity contribution in [1.29, 1.82) is 0 Å². The van der Waals surface area contributed by atoms with E-state index in [0.717, 1.165) is 5.56 Å². The Morgan fingerprint density at radius 1 is 1.62 bits per heavy atom. The molecule has 1 heterocycles. The monoisotopic (exact) mass is 183 g/mol. The molecule has 0 aromatic carbocycles. The Bertz CT molecular complexity index is 290. The summed E-state index contributed by atoms with van der Waals surface area (Å²) in [4.78, 5) is 13.4. The van der Waals surface area contributed by atoms with Crippen LogP contribution in [0.1, 0.15) is 19.4 Å². The number of aliphatic hydroxyl groups is 1. The summed E-state index contributed by atoms with van der Waals surface area (Å²) in [5, 5.41) is 18.1. The average molecular weight is 183 g/mol. The van der Waals surface area contributed by atoms with Crippen molar-refractivity contribution in [2.24, 2.45) is 0 Å². The predicted molar refractivity (Wildman–Crippen MR) is 47.5 cm³/mol. The molecule has 0 bridgehead atoms. The van der Waals surface area contributed by atoms with Crippen LogP contribution < -0.4 is 0 Å². The summed E-state index contributed by atoms with van der Waals surface area (Å²) in [7, 11) is 0. The SMILES string of the molecule is CC(C)(c1cc[nH]c1)C(O)C(=O)O. The molecule has 13 heavy (non-hydrogen) atoms. The fourth-order valence-electron chi connectivity index (χ4n) is 1.19. The molecular formula is C9H13NO3. The summed E-state index contributed by atoms with van der Waals surface area (Å²) in [5.74, 6) is -1.20. The van der Waals surface area contributed by atoms with Crippen molar-refractivity contribution in [3.05, 3.63) is 24.0 Å². The Kier molecular flexibility index (Phi) is 2.43. The lowest BCUT2D eigenvalue weighted by molar-refractivity contribution is -0.150. The number of carboxylic acid groups (broad SMARTS) is 1. The molecule has 1 rings (SSSR count). The van der Waals surface area contributed by atoms with Crippen molar-refractivity contribution in [2.75, 3.05) is 0 Å². The van der Waals surface area contributed by atoms with Crippen LogP contribution in [0.5, 0.6) is 0 Å². The zero-order chi connectivity index (χ0) is 10.1. The molecule has 1 atom stereocenters. The molecular weight excluding hydrogens is 170 g/mol. The van der Waals surface area contributed by atoms with Crippen LogP contribution >= 0.6 is 0 Å². The van der Waals surface area contributed by atoms with Gasteiger partial charge in [0.25, 0.3) is 0 Å². The third kappa shape index (κ3) is 1.72. The van der Waals surface area contributed by atoms with Crippen molar-refractivity contribution in [1.82, 2.24) is 4.98 Å². The molecule has 0 saturated carbocycles. The highest BCUT2D eigenvalue weighted by Crippen LogP contribution is 2.26. The molecule has 1 unspecified atom stereocenters. The lowest BCUT2D eigenvalue weighted by Crippen LogP contribution is -2.39. The molecule has 0 aliphatic heterocycles. The van der Waals surface area contributed by atoms with E-state index in [-0.39, 0.29) is 0 Å². The Hall–Kier alpha value is -1.29. The van der Waals surface area contributed by atoms with Crippen molar-refractivity contribution in [2.45, 2.75) is 25.4 Å². The van der Waals surface area contributed by atoms with Gasteiger partial charge in [0.05, 0.1) is 0 Å². The summed E-state index contributed by atoms with van der Waals surface area (Å²) in [6.07, 6.45) is 2.00. The van der Waals surface area contributed by atoms with E-state index in [1.165, 1.54) is 0 Å². The zero-order valence-electron chi connectivity index (χ0n) is 7.61. The Morgan fingerprint density at radius 3 is 2.62 bits per heavy atom. The fraction of sp³-hybridized carbons (Fsp3) is 0.444. The molecule has 1 aromatic rings. The number of aliphatic carboxylic acids is 1. The Labute approximate surface area is 76.2 Å². The number of hydrogen-bond donors (Lipinski definition) is 3. The second-order valence-electron chi connectivity index (χ2n) is 3.56. The van der Waals surface area contributed by atoms with E-state index in [1.807, 2.05) is 0 Å². The number of rotatable bonds is 3. The lowest BCUT2D eigenvalue weighted by Gasteiger charge is -2.26. The van der Waals surface area contributed by atoms with E-state index in [1.54, 1.807) is 32.3 Å². The number of hydrogen-bond acceptors (Lipinski definition) is 2. The maximum Gasteiger partial charge on any atom is 0.333 e. The van der Waals surface area contributed by atoms with Crippen LogP contribution in [-0.2, 0) is 10.2 Å². The first-order chi connectivity index (χ1) is 5.96. The van der Waals surface area contributed by atoms with Gasteiger partial charge in [0.2, 0.25) is 0 Å². The van der Waals surface area contributed by atoms with Gasteiger partial charge in [-0.15, -0.1) is 0 Å². The predicted octanol–water partition coefficient (Wildman–Crippen LogP) is 0.738. The largest absolute Gasteiger partial charge is 0.479 e. The van der Waals surface area contributed by atoms with Gasteiger partial charge in [-0.3, -0.25) is 0 Å². The van der Waals surface area contributed by atoms with Crippen molar-refractivity contribution in [3.8, 4) is 0 Å². The van der Waals surface area contributed by atoms with Crippen LogP contribution in [0.3, 0.4) is 0 Å². The van der Waals surface area contributed by atoms with Crippen LogP contribution in [0.25, 0.3) is 0 Å². The summed E-state index contributed by atoms with van der Waals surface area (Å²) in [6.45, 7) is 3.38. The van der Waals surface area contributed by atoms with Gasteiger partial charge in [-0.1, -0.05) is 13.8 Å². The zero-order valence-corrected chi connectivity index (χ0v) is 7.61. The molecule has 0 aliphatic carbocycles. The highest BCUT2D eigenvalue weighted by Gasteiger charge is 2.35. The third-order valence-electron chi connectivity index (χ3n) is 2.26. The van der Waals surface area contributed by atoms with Crippen molar-refractivity contribution < 1.29 is 15.0 Å². The minimum Gasteiger partial charge on any atom is -0.479 e. The highest BCUT2D eigenvalue weighted by molar-refractivity contribution is 5.74. The average Bonchev–Trinajstić information content (AvgIpc) is 2.54. The molecule has 4 heteroatoms. The van der Waals surface area contributed by atoms with Crippen molar-refractivity contribution in [3.63, 3.8) is 0 Å². The molecule has 0 radical (unpaired) electrons. The molecule has 1 aromatic heterocycles. The van der Waals surface area contributed by atoms with E-state index >= 15 is 0 Å². The maximum atomic E-state index is 10.6. The first kappa shape index (κ1) is 9.80. The molecule has 0 saturated heterocycles. The van der Waals surface area contributed by atoms with E-state index in [2.05, 4.69) is 4.98 Å². The van der Waals surface area contributed by atoms with Gasteiger partial charge in [0.1, 0.15) is 0 Å². The van der Waals surface area contributed by atoms with Gasteiger partial charge in [0.15, 0.2) is 6.10 Å². The van der Waals surface area contributed by atoms with Crippen LogP contribution in [0, 0.1) is 0 Å². The van der Waals surface area contributed by atoms with Gasteiger partial charge in [-0.25, -0.2) is 4.79 Å². The second-order valence-corrected chi connectivity index (χ2v) is 3.56. The summed E-state index contributed by atoms with van der Waals surface area (Å²) in [5.41, 5.74) is 0.00801. The Morgan fingerprint density at radius 2 is 2.23 bits per heavy atom. The number of carbonyl (C=O) groups is 1. The first-order valence-corrected chi connectivity index (χ1v) is 4.00. The normalized spacial score (nSPS) is 14.1. The minimum absolute atomic E-state index is 0.772. The van der Waals surface area contributed by atoms with Gasteiger partial charge >= 0.3 is 5.97 Å². The van der Waals surface area contributed by atoms with E-state index in [4.69, 9.17) is 5.11 Å². The maximum absolute atomic E-state index is 10.6. The standard InChI is InChI=1S/C9H13NO3/c1-9(2,7(11)8(12)13)6-3-4-10-5-6/h3-5,7,10-11H,1-2H3,(H,12,13). The quantitative estimate of drug-likeness (QED) is 0.647. The van der Waals surface area contributed by atoms with Gasteiger partial charge in [-0.2, -0.15) is 0 Å².